The molecule has 0 spiro atoms. The van der Waals surface area contributed by atoms with Gasteiger partial charge in [0.2, 0.25) is 0 Å². The van der Waals surface area contributed by atoms with Crippen molar-refractivity contribution in [3.63, 3.8) is 0 Å². The highest BCUT2D eigenvalue weighted by atomic mass is 31.2. The molecule has 5 nitrogen and oxygen atoms in total. The number of nitrogens with one attached hydrogen (secondary N) is 1. The van der Waals surface area contributed by atoms with Crippen LogP contribution in [0.1, 0.15) is 30.1 Å². The molecule has 1 aromatic heterocycles. The molecule has 158 valence electrons. The summed E-state index contributed by atoms with van der Waals surface area (Å²) in [5, 5.41) is 3.41. The van der Waals surface area contributed by atoms with Crippen molar-refractivity contribution in [3.05, 3.63) is 121 Å². The fraction of sp³-hybridized carbons (Fsp3) is 0.120. The van der Waals surface area contributed by atoms with Crippen molar-refractivity contribution < 1.29 is 18.0 Å². The highest BCUT2D eigenvalue weighted by Crippen LogP contribution is 2.59. The first-order chi connectivity index (χ1) is 15.1. The van der Waals surface area contributed by atoms with Crippen molar-refractivity contribution in [2.75, 3.05) is 0 Å². The van der Waals surface area contributed by atoms with E-state index in [-0.39, 0.29) is 6.04 Å². The van der Waals surface area contributed by atoms with E-state index in [0.717, 1.165) is 5.56 Å². The Balaban J connectivity index is 1.73. The number of hydrogen-bond donors (Lipinski definition) is 1. The lowest BCUT2D eigenvalue weighted by Gasteiger charge is -2.29. The van der Waals surface area contributed by atoms with E-state index in [1.54, 1.807) is 42.7 Å². The molecular weight excluding hydrogens is 409 g/mol. The van der Waals surface area contributed by atoms with Gasteiger partial charge in [-0.1, -0.05) is 66.7 Å². The third-order valence-electron chi connectivity index (χ3n) is 4.79. The van der Waals surface area contributed by atoms with Crippen molar-refractivity contribution in [2.24, 2.45) is 0 Å². The number of para-hydroxylation sites is 2. The van der Waals surface area contributed by atoms with Crippen LogP contribution in [0.4, 0.5) is 0 Å². The molecule has 2 atom stereocenters. The van der Waals surface area contributed by atoms with E-state index < -0.39 is 13.4 Å². The summed E-state index contributed by atoms with van der Waals surface area (Å²) < 4.78 is 32.1. The van der Waals surface area contributed by atoms with Gasteiger partial charge in [-0.2, -0.15) is 0 Å². The third-order valence-corrected chi connectivity index (χ3v) is 6.75. The van der Waals surface area contributed by atoms with Gasteiger partial charge in [-0.25, -0.2) is 4.57 Å². The predicted molar refractivity (Wildman–Crippen MR) is 121 cm³/mol. The Hall–Kier alpha value is -3.27. The van der Waals surface area contributed by atoms with Gasteiger partial charge in [0, 0.05) is 6.04 Å². The van der Waals surface area contributed by atoms with E-state index in [9.17, 15) is 4.57 Å². The highest BCUT2D eigenvalue weighted by Gasteiger charge is 2.43. The van der Waals surface area contributed by atoms with Crippen LogP contribution in [0.15, 0.2) is 114 Å². The zero-order valence-electron chi connectivity index (χ0n) is 17.1. The molecule has 0 saturated carbocycles. The number of rotatable bonds is 9. The lowest BCUT2D eigenvalue weighted by atomic mass is 10.1. The van der Waals surface area contributed by atoms with Crippen LogP contribution in [0.2, 0.25) is 0 Å². The Kier molecular flexibility index (Phi) is 6.56. The van der Waals surface area contributed by atoms with Crippen LogP contribution >= 0.6 is 7.60 Å². The second-order valence-electron chi connectivity index (χ2n) is 7.07. The van der Waals surface area contributed by atoms with Crippen LogP contribution in [-0.2, 0) is 4.57 Å². The first-order valence-electron chi connectivity index (χ1n) is 10.1. The summed E-state index contributed by atoms with van der Waals surface area (Å²) in [5.41, 5.74) is 1.05. The zero-order valence-corrected chi connectivity index (χ0v) is 18.0. The van der Waals surface area contributed by atoms with Crippen LogP contribution in [0.5, 0.6) is 11.5 Å². The molecule has 31 heavy (non-hydrogen) atoms. The number of furan rings is 1. The van der Waals surface area contributed by atoms with Crippen molar-refractivity contribution in [2.45, 2.75) is 18.7 Å². The van der Waals surface area contributed by atoms with Gasteiger partial charge in [0.25, 0.3) is 0 Å². The van der Waals surface area contributed by atoms with Gasteiger partial charge in [-0.15, -0.1) is 0 Å². The molecule has 0 fully saturated rings. The summed E-state index contributed by atoms with van der Waals surface area (Å²) in [4.78, 5) is 0. The Bertz CT molecular complexity index is 1060. The minimum Gasteiger partial charge on any atom is -0.467 e. The monoisotopic (exact) mass is 433 g/mol. The fourth-order valence-electron chi connectivity index (χ4n) is 3.23. The molecule has 0 aliphatic rings. The van der Waals surface area contributed by atoms with Crippen molar-refractivity contribution in [1.82, 2.24) is 5.32 Å². The molecule has 4 aromatic rings. The van der Waals surface area contributed by atoms with Gasteiger partial charge in [0.05, 0.1) is 6.26 Å². The summed E-state index contributed by atoms with van der Waals surface area (Å²) in [6.45, 7) is 2.00. The topological polar surface area (TPSA) is 60.7 Å². The Morgan fingerprint density at radius 1 is 0.742 bits per heavy atom. The first kappa shape index (κ1) is 21.0. The van der Waals surface area contributed by atoms with E-state index in [4.69, 9.17) is 13.5 Å². The van der Waals surface area contributed by atoms with Gasteiger partial charge < -0.3 is 13.5 Å². The van der Waals surface area contributed by atoms with Crippen LogP contribution in [0, 0.1) is 0 Å². The average molecular weight is 433 g/mol. The summed E-state index contributed by atoms with van der Waals surface area (Å²) >= 11 is 0. The predicted octanol–water partition coefficient (Wildman–Crippen LogP) is 6.98. The van der Waals surface area contributed by atoms with E-state index in [1.165, 1.54) is 0 Å². The third kappa shape index (κ3) is 5.26. The van der Waals surface area contributed by atoms with Crippen molar-refractivity contribution in [1.29, 1.82) is 0 Å². The van der Waals surface area contributed by atoms with Gasteiger partial charge in [0.15, 0.2) is 5.78 Å². The summed E-state index contributed by atoms with van der Waals surface area (Å²) in [7, 11) is -3.84. The summed E-state index contributed by atoms with van der Waals surface area (Å²) in [5.74, 6) is 0.538. The van der Waals surface area contributed by atoms with Gasteiger partial charge in [0.1, 0.15) is 17.3 Å². The first-order valence-corrected chi connectivity index (χ1v) is 11.7. The lowest BCUT2D eigenvalue weighted by Crippen LogP contribution is -2.27. The van der Waals surface area contributed by atoms with Crippen LogP contribution < -0.4 is 14.4 Å². The molecule has 3 aromatic carbocycles. The maximum atomic E-state index is 14.4. The molecule has 1 N–H and O–H groups in total. The van der Waals surface area contributed by atoms with Gasteiger partial charge >= 0.3 is 7.60 Å². The second-order valence-corrected chi connectivity index (χ2v) is 9.03. The largest absolute Gasteiger partial charge is 0.467 e. The Morgan fingerprint density at radius 2 is 1.26 bits per heavy atom. The van der Waals surface area contributed by atoms with Crippen molar-refractivity contribution in [3.8, 4) is 11.5 Å². The maximum Gasteiger partial charge on any atom is 0.455 e. The molecule has 0 saturated heterocycles. The average Bonchev–Trinajstić information content (AvgIpc) is 3.33. The molecule has 0 bridgehead atoms. The quantitative estimate of drug-likeness (QED) is 0.289. The normalized spacial score (nSPS) is 13.3. The van der Waals surface area contributed by atoms with Crippen LogP contribution in [0.3, 0.4) is 0 Å². The molecular formula is C25H24NO4P. The molecule has 0 amide bonds. The molecule has 0 aliphatic heterocycles. The van der Waals surface area contributed by atoms with Gasteiger partial charge in [-0.3, -0.25) is 5.32 Å². The summed E-state index contributed by atoms with van der Waals surface area (Å²) in [6, 6.07) is 31.3. The minimum absolute atomic E-state index is 0.136. The minimum atomic E-state index is -3.84. The lowest BCUT2D eigenvalue weighted by molar-refractivity contribution is 0.336. The van der Waals surface area contributed by atoms with Crippen molar-refractivity contribution >= 4 is 7.60 Å². The Morgan fingerprint density at radius 3 is 1.74 bits per heavy atom. The molecule has 1 heterocycles. The van der Waals surface area contributed by atoms with E-state index >= 15 is 0 Å². The molecule has 2 unspecified atom stereocenters. The maximum absolute atomic E-state index is 14.4. The van der Waals surface area contributed by atoms with E-state index in [2.05, 4.69) is 5.32 Å². The standard InChI is InChI=1S/C25H24NO4P/c1-20(21-12-5-2-6-13-21)26-25(24-18-11-19-28-24)31(27,29-22-14-7-3-8-15-22)30-23-16-9-4-10-17-23/h2-20,25-26H,1H3. The SMILES string of the molecule is CC(NC(c1ccco1)P(=O)(Oc1ccccc1)Oc1ccccc1)c1ccccc1. The highest BCUT2D eigenvalue weighted by molar-refractivity contribution is 7.55. The fourth-order valence-corrected chi connectivity index (χ4v) is 5.18. The summed E-state index contributed by atoms with van der Waals surface area (Å²) in [6.07, 6.45) is 1.55. The number of benzene rings is 3. The Labute approximate surface area is 182 Å². The zero-order chi connectivity index (χ0) is 21.5. The smallest absolute Gasteiger partial charge is 0.455 e. The van der Waals surface area contributed by atoms with E-state index in [1.807, 2.05) is 73.7 Å². The molecule has 0 aliphatic carbocycles. The number of hydrogen-bond acceptors (Lipinski definition) is 5. The van der Waals surface area contributed by atoms with Gasteiger partial charge in [-0.05, 0) is 48.9 Å². The second kappa shape index (κ2) is 9.69. The van der Waals surface area contributed by atoms with Crippen LogP contribution in [0.25, 0.3) is 0 Å². The molecule has 0 radical (unpaired) electrons. The molecule has 4 rings (SSSR count). The molecule has 6 heteroatoms. The van der Waals surface area contributed by atoms with E-state index in [0.29, 0.717) is 17.3 Å². The van der Waals surface area contributed by atoms with Crippen LogP contribution in [-0.4, -0.2) is 0 Å².